The van der Waals surface area contributed by atoms with Crippen molar-refractivity contribution in [1.82, 2.24) is 0 Å². The molecule has 8 heteroatoms. The molecule has 0 saturated heterocycles. The van der Waals surface area contributed by atoms with Crippen LogP contribution in [0.25, 0.3) is 0 Å². The molecule has 0 aromatic carbocycles. The Morgan fingerprint density at radius 1 is 0.471 bits per heavy atom. The van der Waals surface area contributed by atoms with E-state index in [1.54, 1.807) is 0 Å². The number of carboxylic acid groups (broad SMARTS) is 4. The van der Waals surface area contributed by atoms with Gasteiger partial charge in [0.2, 0.25) is 0 Å². The second-order valence-corrected chi connectivity index (χ2v) is 9.46. The van der Waals surface area contributed by atoms with E-state index >= 15 is 0 Å². The highest BCUT2D eigenvalue weighted by molar-refractivity contribution is 6.20. The van der Waals surface area contributed by atoms with Crippen LogP contribution in [0.4, 0.5) is 0 Å². The summed E-state index contributed by atoms with van der Waals surface area (Å²) >= 11 is 0. The van der Waals surface area contributed by atoms with Gasteiger partial charge in [0.25, 0.3) is 5.41 Å². The molecule has 0 aliphatic carbocycles. The summed E-state index contributed by atoms with van der Waals surface area (Å²) in [4.78, 5) is 47.3. The fourth-order valence-electron chi connectivity index (χ4n) is 4.91. The molecule has 1 unspecified atom stereocenters. The van der Waals surface area contributed by atoms with E-state index in [0.29, 0.717) is 6.42 Å². The van der Waals surface area contributed by atoms with Gasteiger partial charge in [-0.05, 0) is 12.8 Å². The lowest BCUT2D eigenvalue weighted by atomic mass is 9.59. The van der Waals surface area contributed by atoms with Gasteiger partial charge < -0.3 is 20.4 Å². The molecular weight excluding hydrogens is 440 g/mol. The van der Waals surface area contributed by atoms with Gasteiger partial charge in [-0.3, -0.25) is 19.2 Å². The van der Waals surface area contributed by atoms with Crippen molar-refractivity contribution < 1.29 is 39.6 Å². The number of aliphatic carboxylic acids is 4. The molecule has 34 heavy (non-hydrogen) atoms. The van der Waals surface area contributed by atoms with E-state index in [2.05, 4.69) is 6.92 Å². The highest BCUT2D eigenvalue weighted by Gasteiger charge is 2.71. The molecule has 0 rings (SSSR count). The summed E-state index contributed by atoms with van der Waals surface area (Å²) in [5.74, 6) is -8.18. The maximum atomic E-state index is 12.0. The van der Waals surface area contributed by atoms with E-state index in [1.807, 2.05) is 0 Å². The number of hydrogen-bond donors (Lipinski definition) is 4. The summed E-state index contributed by atoms with van der Waals surface area (Å²) in [5, 5.41) is 38.2. The van der Waals surface area contributed by atoms with Crippen molar-refractivity contribution in [2.24, 2.45) is 10.8 Å². The van der Waals surface area contributed by atoms with Crippen LogP contribution in [0.3, 0.4) is 0 Å². The maximum Gasteiger partial charge on any atom is 0.333 e. The van der Waals surface area contributed by atoms with Gasteiger partial charge in [-0.2, -0.15) is 0 Å². The van der Waals surface area contributed by atoms with Crippen molar-refractivity contribution in [2.75, 3.05) is 0 Å². The van der Waals surface area contributed by atoms with Gasteiger partial charge in [0.15, 0.2) is 0 Å². The third kappa shape index (κ3) is 8.91. The minimum atomic E-state index is -3.43. The smallest absolute Gasteiger partial charge is 0.333 e. The monoisotopic (exact) mass is 486 g/mol. The SMILES string of the molecule is CCCCCCCCCCCCCCCCCCC(CC)(C(=O)O)C(C(=O)O)(C(=O)O)C(=O)O. The van der Waals surface area contributed by atoms with Crippen LogP contribution < -0.4 is 0 Å². The molecule has 0 aliphatic rings. The summed E-state index contributed by atoms with van der Waals surface area (Å²) in [6.07, 6.45) is 17.1. The predicted molar refractivity (Wildman–Crippen MR) is 130 cm³/mol. The Bertz CT molecular complexity index is 594. The topological polar surface area (TPSA) is 149 Å². The second kappa shape index (κ2) is 17.3. The Morgan fingerprint density at radius 3 is 1.00 bits per heavy atom. The second-order valence-electron chi connectivity index (χ2n) is 9.46. The quantitative estimate of drug-likeness (QED) is 0.0962. The van der Waals surface area contributed by atoms with E-state index < -0.39 is 41.1 Å². The number of rotatable bonds is 23. The Morgan fingerprint density at radius 2 is 0.765 bits per heavy atom. The third-order valence-corrected chi connectivity index (χ3v) is 7.15. The highest BCUT2D eigenvalue weighted by atomic mass is 16.4. The first-order valence-corrected chi connectivity index (χ1v) is 13.1. The molecule has 0 heterocycles. The summed E-state index contributed by atoms with van der Waals surface area (Å²) in [7, 11) is 0. The highest BCUT2D eigenvalue weighted by Crippen LogP contribution is 2.48. The van der Waals surface area contributed by atoms with Crippen LogP contribution in [-0.4, -0.2) is 44.3 Å². The zero-order chi connectivity index (χ0) is 26.0. The van der Waals surface area contributed by atoms with Crippen molar-refractivity contribution in [3.63, 3.8) is 0 Å². The Hall–Kier alpha value is -2.12. The normalized spacial score (nSPS) is 13.4. The predicted octanol–water partition coefficient (Wildman–Crippen LogP) is 6.36. The van der Waals surface area contributed by atoms with E-state index in [1.165, 1.54) is 71.1 Å². The van der Waals surface area contributed by atoms with Gasteiger partial charge in [0.1, 0.15) is 5.41 Å². The van der Waals surface area contributed by atoms with E-state index in [9.17, 15) is 39.6 Å². The Kier molecular flexibility index (Phi) is 16.3. The molecule has 0 radical (unpaired) electrons. The molecule has 0 aromatic rings. The van der Waals surface area contributed by atoms with Crippen molar-refractivity contribution in [1.29, 1.82) is 0 Å². The van der Waals surface area contributed by atoms with E-state index in [4.69, 9.17) is 0 Å². The van der Waals surface area contributed by atoms with Gasteiger partial charge >= 0.3 is 23.9 Å². The van der Waals surface area contributed by atoms with Gasteiger partial charge in [0.05, 0.1) is 0 Å². The van der Waals surface area contributed by atoms with Crippen LogP contribution in [0.15, 0.2) is 0 Å². The standard InChI is InChI=1S/C26H46O8/c1-3-5-6-7-8-9-10-11-12-13-14-15-16-17-18-19-20-25(4-2,21(27)28)26(22(29)30,23(31)32)24(33)34/h3-20H2,1-2H3,(H,27,28)(H,29,30)(H,31,32)(H,33,34). The maximum absolute atomic E-state index is 12.0. The average molecular weight is 487 g/mol. The fraction of sp³-hybridized carbons (Fsp3) is 0.846. The van der Waals surface area contributed by atoms with Crippen molar-refractivity contribution >= 4 is 23.9 Å². The Labute approximate surface area is 204 Å². The lowest BCUT2D eigenvalue weighted by Gasteiger charge is -2.38. The van der Waals surface area contributed by atoms with Crippen molar-refractivity contribution in [2.45, 2.75) is 129 Å². The number of hydrogen-bond acceptors (Lipinski definition) is 4. The zero-order valence-electron chi connectivity index (χ0n) is 21.1. The van der Waals surface area contributed by atoms with Crippen molar-refractivity contribution in [3.8, 4) is 0 Å². The molecule has 8 nitrogen and oxygen atoms in total. The minimum absolute atomic E-state index is 0.258. The van der Waals surface area contributed by atoms with E-state index in [0.717, 1.165) is 25.7 Å². The lowest BCUT2D eigenvalue weighted by Crippen LogP contribution is -2.61. The lowest BCUT2D eigenvalue weighted by molar-refractivity contribution is -0.196. The molecule has 0 bridgehead atoms. The number of carbonyl (C=O) groups is 4. The van der Waals surface area contributed by atoms with Crippen LogP contribution in [0, 0.1) is 10.8 Å². The van der Waals surface area contributed by atoms with Crippen LogP contribution in [0.1, 0.15) is 129 Å². The molecule has 0 aromatic heterocycles. The molecule has 198 valence electrons. The van der Waals surface area contributed by atoms with Crippen LogP contribution in [-0.2, 0) is 19.2 Å². The summed E-state index contributed by atoms with van der Waals surface area (Å²) in [6.45, 7) is 3.55. The van der Waals surface area contributed by atoms with Crippen molar-refractivity contribution in [3.05, 3.63) is 0 Å². The zero-order valence-corrected chi connectivity index (χ0v) is 21.1. The molecule has 0 spiro atoms. The molecule has 0 amide bonds. The number of unbranched alkanes of at least 4 members (excludes halogenated alkanes) is 15. The molecular formula is C26H46O8. The summed E-state index contributed by atoms with van der Waals surface area (Å²) in [6, 6.07) is 0. The van der Waals surface area contributed by atoms with Crippen LogP contribution in [0.2, 0.25) is 0 Å². The number of carboxylic acids is 4. The van der Waals surface area contributed by atoms with Gasteiger partial charge in [-0.15, -0.1) is 0 Å². The summed E-state index contributed by atoms with van der Waals surface area (Å²) < 4.78 is 0. The molecule has 0 saturated carbocycles. The third-order valence-electron chi connectivity index (χ3n) is 7.15. The van der Waals surface area contributed by atoms with Gasteiger partial charge in [0, 0.05) is 0 Å². The fourth-order valence-corrected chi connectivity index (χ4v) is 4.91. The first-order valence-electron chi connectivity index (χ1n) is 13.1. The molecule has 0 fully saturated rings. The van der Waals surface area contributed by atoms with Gasteiger partial charge in [-0.25, -0.2) is 0 Å². The Balaban J connectivity index is 4.34. The minimum Gasteiger partial charge on any atom is -0.481 e. The van der Waals surface area contributed by atoms with Crippen LogP contribution >= 0.6 is 0 Å². The first kappa shape index (κ1) is 31.9. The summed E-state index contributed by atoms with van der Waals surface area (Å²) in [5.41, 5.74) is -5.85. The largest absolute Gasteiger partial charge is 0.481 e. The van der Waals surface area contributed by atoms with Gasteiger partial charge in [-0.1, -0.05) is 117 Å². The molecule has 0 aliphatic heterocycles. The van der Waals surface area contributed by atoms with E-state index in [-0.39, 0.29) is 12.8 Å². The molecule has 1 atom stereocenters. The average Bonchev–Trinajstić information content (AvgIpc) is 2.76. The first-order chi connectivity index (χ1) is 16.1. The molecule has 4 N–H and O–H groups in total. The van der Waals surface area contributed by atoms with Crippen LogP contribution in [0.5, 0.6) is 0 Å².